The lowest BCUT2D eigenvalue weighted by molar-refractivity contribution is -0.121. The number of ether oxygens (including phenoxy) is 1. The molecular weight excluding hydrogens is 424 g/mol. The summed E-state index contributed by atoms with van der Waals surface area (Å²) in [6.07, 6.45) is 1.19. The molecule has 1 N–H and O–H groups in total. The molecule has 0 fully saturated rings. The van der Waals surface area contributed by atoms with Gasteiger partial charge < -0.3 is 10.1 Å². The zero-order valence-electron chi connectivity index (χ0n) is 18.1. The second kappa shape index (κ2) is 11.5. The highest BCUT2D eigenvalue weighted by Gasteiger charge is 2.26. The Morgan fingerprint density at radius 1 is 0.844 bits per heavy atom. The van der Waals surface area contributed by atoms with Crippen LogP contribution in [0.3, 0.4) is 0 Å². The van der Waals surface area contributed by atoms with Crippen molar-refractivity contribution in [1.82, 2.24) is 9.62 Å². The second-order valence-corrected chi connectivity index (χ2v) is 9.27. The molecule has 0 spiro atoms. The molecule has 32 heavy (non-hydrogen) atoms. The van der Waals surface area contributed by atoms with Gasteiger partial charge in [0.1, 0.15) is 5.75 Å². The Hall–Kier alpha value is -3.16. The maximum atomic E-state index is 13.3. The van der Waals surface area contributed by atoms with Crippen molar-refractivity contribution >= 4 is 15.9 Å². The topological polar surface area (TPSA) is 75.7 Å². The Balaban J connectivity index is 1.69. The molecule has 0 saturated heterocycles. The van der Waals surface area contributed by atoms with Crippen molar-refractivity contribution in [3.05, 3.63) is 96.1 Å². The first kappa shape index (κ1) is 23.5. The van der Waals surface area contributed by atoms with Crippen LogP contribution in [0.15, 0.2) is 89.8 Å². The maximum Gasteiger partial charge on any atom is 0.243 e. The molecule has 3 aromatic rings. The highest BCUT2D eigenvalue weighted by molar-refractivity contribution is 7.89. The van der Waals surface area contributed by atoms with Gasteiger partial charge in [-0.3, -0.25) is 4.79 Å². The molecule has 0 aliphatic rings. The summed E-state index contributed by atoms with van der Waals surface area (Å²) >= 11 is 0. The number of amides is 1. The average molecular weight is 453 g/mol. The van der Waals surface area contributed by atoms with Crippen molar-refractivity contribution in [3.8, 4) is 5.75 Å². The molecular formula is C25H28N2O4S. The Morgan fingerprint density at radius 2 is 1.41 bits per heavy atom. The lowest BCUT2D eigenvalue weighted by Crippen LogP contribution is -2.42. The van der Waals surface area contributed by atoms with Crippen molar-refractivity contribution < 1.29 is 17.9 Å². The number of sulfonamides is 1. The van der Waals surface area contributed by atoms with Gasteiger partial charge in [0.25, 0.3) is 0 Å². The molecule has 0 aromatic heterocycles. The fourth-order valence-corrected chi connectivity index (χ4v) is 4.68. The van der Waals surface area contributed by atoms with Gasteiger partial charge in [-0.2, -0.15) is 4.31 Å². The Labute approximate surface area is 189 Å². The van der Waals surface area contributed by atoms with Gasteiger partial charge >= 0.3 is 0 Å². The lowest BCUT2D eigenvalue weighted by atomic mass is 10.1. The van der Waals surface area contributed by atoms with E-state index in [4.69, 9.17) is 4.74 Å². The summed E-state index contributed by atoms with van der Waals surface area (Å²) in [6.45, 7) is 0.401. The first-order valence-corrected chi connectivity index (χ1v) is 11.9. The summed E-state index contributed by atoms with van der Waals surface area (Å²) in [6, 6.07) is 25.6. The normalized spacial score (nSPS) is 11.3. The fraction of sp³-hybridized carbons (Fsp3) is 0.240. The van der Waals surface area contributed by atoms with Crippen LogP contribution >= 0.6 is 0 Å². The highest BCUT2D eigenvalue weighted by Crippen LogP contribution is 2.20. The molecule has 0 atom stereocenters. The average Bonchev–Trinajstić information content (AvgIpc) is 2.83. The number of carbonyl (C=O) groups excluding carboxylic acids is 1. The van der Waals surface area contributed by atoms with Crippen LogP contribution < -0.4 is 10.1 Å². The van der Waals surface area contributed by atoms with Crippen molar-refractivity contribution in [2.75, 3.05) is 26.7 Å². The van der Waals surface area contributed by atoms with E-state index in [0.29, 0.717) is 25.1 Å². The van der Waals surface area contributed by atoms with Crippen molar-refractivity contribution in [2.24, 2.45) is 0 Å². The fourth-order valence-electron chi connectivity index (χ4n) is 3.29. The summed E-state index contributed by atoms with van der Waals surface area (Å²) in [7, 11) is -2.33. The predicted molar refractivity (Wildman–Crippen MR) is 125 cm³/mol. The summed E-state index contributed by atoms with van der Waals surface area (Å²) in [5, 5.41) is 2.84. The van der Waals surface area contributed by atoms with E-state index < -0.39 is 10.0 Å². The van der Waals surface area contributed by atoms with Gasteiger partial charge in [-0.15, -0.1) is 0 Å². The van der Waals surface area contributed by atoms with E-state index in [9.17, 15) is 13.2 Å². The number of nitrogens with zero attached hydrogens (tertiary/aromatic N) is 1. The quantitative estimate of drug-likeness (QED) is 0.484. The van der Waals surface area contributed by atoms with Gasteiger partial charge in [0.05, 0.1) is 18.6 Å². The monoisotopic (exact) mass is 452 g/mol. The summed E-state index contributed by atoms with van der Waals surface area (Å²) in [5.41, 5.74) is 2.12. The molecule has 168 valence electrons. The van der Waals surface area contributed by atoms with E-state index in [-0.39, 0.29) is 23.9 Å². The molecule has 0 saturated carbocycles. The van der Waals surface area contributed by atoms with E-state index in [1.807, 2.05) is 60.7 Å². The third kappa shape index (κ3) is 6.67. The largest absolute Gasteiger partial charge is 0.497 e. The van der Waals surface area contributed by atoms with E-state index >= 15 is 0 Å². The zero-order chi connectivity index (χ0) is 22.8. The number of rotatable bonds is 11. The SMILES string of the molecule is COc1ccc(S(=O)(=O)N(CCc2ccccc2)CC(=O)NCCc2ccccc2)cc1. The van der Waals surface area contributed by atoms with Crippen LogP contribution in [0.4, 0.5) is 0 Å². The van der Waals surface area contributed by atoms with Gasteiger partial charge in [0, 0.05) is 13.1 Å². The van der Waals surface area contributed by atoms with Gasteiger partial charge in [-0.25, -0.2) is 8.42 Å². The van der Waals surface area contributed by atoms with Gasteiger partial charge in [0.2, 0.25) is 15.9 Å². The maximum absolute atomic E-state index is 13.3. The minimum Gasteiger partial charge on any atom is -0.497 e. The predicted octanol–water partition coefficient (Wildman–Crippen LogP) is 3.29. The van der Waals surface area contributed by atoms with Crippen LogP contribution in [-0.2, 0) is 27.7 Å². The van der Waals surface area contributed by atoms with Crippen molar-refractivity contribution in [2.45, 2.75) is 17.7 Å². The molecule has 7 heteroatoms. The van der Waals surface area contributed by atoms with E-state index in [2.05, 4.69) is 5.32 Å². The van der Waals surface area contributed by atoms with E-state index in [1.54, 1.807) is 12.1 Å². The Kier molecular flexibility index (Phi) is 8.41. The molecule has 0 radical (unpaired) electrons. The third-order valence-electron chi connectivity index (χ3n) is 5.09. The van der Waals surface area contributed by atoms with E-state index in [1.165, 1.54) is 23.5 Å². The van der Waals surface area contributed by atoms with Crippen LogP contribution in [0.25, 0.3) is 0 Å². The number of nitrogens with one attached hydrogen (secondary N) is 1. The minimum absolute atomic E-state index is 0.128. The first-order chi connectivity index (χ1) is 15.5. The van der Waals surface area contributed by atoms with Crippen LogP contribution in [0, 0.1) is 0 Å². The smallest absolute Gasteiger partial charge is 0.243 e. The molecule has 0 heterocycles. The molecule has 3 rings (SSSR count). The van der Waals surface area contributed by atoms with Crippen molar-refractivity contribution in [3.63, 3.8) is 0 Å². The molecule has 0 aliphatic heterocycles. The highest BCUT2D eigenvalue weighted by atomic mass is 32.2. The lowest BCUT2D eigenvalue weighted by Gasteiger charge is -2.22. The summed E-state index contributed by atoms with van der Waals surface area (Å²) < 4.78 is 32.9. The van der Waals surface area contributed by atoms with Crippen LogP contribution in [-0.4, -0.2) is 45.4 Å². The van der Waals surface area contributed by atoms with Gasteiger partial charge in [-0.1, -0.05) is 60.7 Å². The van der Waals surface area contributed by atoms with Gasteiger partial charge in [-0.05, 0) is 48.2 Å². The third-order valence-corrected chi connectivity index (χ3v) is 6.95. The number of hydrogen-bond acceptors (Lipinski definition) is 4. The van der Waals surface area contributed by atoms with Gasteiger partial charge in [0.15, 0.2) is 0 Å². The summed E-state index contributed by atoms with van der Waals surface area (Å²) in [5.74, 6) is 0.240. The molecule has 0 bridgehead atoms. The van der Waals surface area contributed by atoms with E-state index in [0.717, 1.165) is 11.1 Å². The number of methoxy groups -OCH3 is 1. The number of benzene rings is 3. The first-order valence-electron chi connectivity index (χ1n) is 10.5. The molecule has 3 aromatic carbocycles. The molecule has 0 unspecified atom stereocenters. The van der Waals surface area contributed by atoms with Crippen LogP contribution in [0.2, 0.25) is 0 Å². The molecule has 0 aliphatic carbocycles. The number of hydrogen-bond donors (Lipinski definition) is 1. The summed E-state index contributed by atoms with van der Waals surface area (Å²) in [4.78, 5) is 12.7. The second-order valence-electron chi connectivity index (χ2n) is 7.34. The Bertz CT molecular complexity index is 1090. The minimum atomic E-state index is -3.85. The standard InChI is InChI=1S/C25H28N2O4S/c1-31-23-12-14-24(15-13-23)32(29,30)27(19-17-22-10-6-3-7-11-22)20-25(28)26-18-16-21-8-4-2-5-9-21/h2-15H,16-20H2,1H3,(H,26,28). The van der Waals surface area contributed by atoms with Crippen LogP contribution in [0.5, 0.6) is 5.75 Å². The molecule has 6 nitrogen and oxygen atoms in total. The Morgan fingerprint density at radius 3 is 1.97 bits per heavy atom. The molecule has 1 amide bonds. The van der Waals surface area contributed by atoms with Crippen LogP contribution in [0.1, 0.15) is 11.1 Å². The zero-order valence-corrected chi connectivity index (χ0v) is 18.9. The number of carbonyl (C=O) groups is 1. The van der Waals surface area contributed by atoms with Crippen molar-refractivity contribution in [1.29, 1.82) is 0 Å².